The maximum atomic E-state index is 5.50. The minimum atomic E-state index is 0.615. The molecule has 0 atom stereocenters. The zero-order valence-corrected chi connectivity index (χ0v) is 11.0. The van der Waals surface area contributed by atoms with Crippen LogP contribution in [-0.4, -0.2) is 15.0 Å². The maximum absolute atomic E-state index is 5.50. The van der Waals surface area contributed by atoms with Crippen molar-refractivity contribution < 1.29 is 4.42 Å². The van der Waals surface area contributed by atoms with E-state index >= 15 is 0 Å². The minimum Gasteiger partial charge on any atom is -0.444 e. The lowest BCUT2D eigenvalue weighted by Gasteiger charge is -1.97. The summed E-state index contributed by atoms with van der Waals surface area (Å²) in [6.45, 7) is 1.97. The Kier molecular flexibility index (Phi) is 3.37. The van der Waals surface area contributed by atoms with Crippen molar-refractivity contribution in [3.8, 4) is 11.5 Å². The van der Waals surface area contributed by atoms with Gasteiger partial charge in [-0.15, -0.1) is 0 Å². The highest BCUT2D eigenvalue weighted by atomic mass is 16.3. The molecule has 3 aromatic rings. The summed E-state index contributed by atoms with van der Waals surface area (Å²) in [6, 6.07) is 9.81. The molecule has 20 heavy (non-hydrogen) atoms. The van der Waals surface area contributed by atoms with Crippen LogP contribution in [0.3, 0.4) is 0 Å². The number of benzene rings is 1. The van der Waals surface area contributed by atoms with Crippen LogP contribution in [0.25, 0.3) is 23.1 Å². The highest BCUT2D eigenvalue weighted by molar-refractivity contribution is 5.77. The molecule has 0 radical (unpaired) electrons. The van der Waals surface area contributed by atoms with Crippen LogP contribution in [0.2, 0.25) is 0 Å². The van der Waals surface area contributed by atoms with Crippen molar-refractivity contribution in [2.24, 2.45) is 0 Å². The summed E-state index contributed by atoms with van der Waals surface area (Å²) in [5.41, 5.74) is 3.55. The first kappa shape index (κ1) is 12.3. The third-order valence-electron chi connectivity index (χ3n) is 2.87. The van der Waals surface area contributed by atoms with Crippen molar-refractivity contribution in [2.45, 2.75) is 6.92 Å². The van der Waals surface area contributed by atoms with Crippen LogP contribution in [0.5, 0.6) is 0 Å². The Morgan fingerprint density at radius 3 is 2.75 bits per heavy atom. The average molecular weight is 263 g/mol. The standard InChI is InChI=1S/C16H13N3O/c1-12(15-10-17-7-8-18-15)9-14-11-20-16(19-14)13-5-3-2-4-6-13/h2-11H,1H3/b12-9+. The molecule has 0 N–H and O–H groups in total. The van der Waals surface area contributed by atoms with Crippen molar-refractivity contribution in [2.75, 3.05) is 0 Å². The fourth-order valence-electron chi connectivity index (χ4n) is 1.86. The topological polar surface area (TPSA) is 51.8 Å². The van der Waals surface area contributed by atoms with Crippen LogP contribution >= 0.6 is 0 Å². The SMILES string of the molecule is C/C(=C\c1coc(-c2ccccc2)n1)c1cnccn1. The van der Waals surface area contributed by atoms with Crippen LogP contribution in [0, 0.1) is 0 Å². The lowest BCUT2D eigenvalue weighted by atomic mass is 10.2. The van der Waals surface area contributed by atoms with Gasteiger partial charge in [-0.1, -0.05) is 18.2 Å². The molecule has 2 aromatic heterocycles. The molecule has 4 heteroatoms. The predicted molar refractivity (Wildman–Crippen MR) is 77.5 cm³/mol. The van der Waals surface area contributed by atoms with Crippen LogP contribution < -0.4 is 0 Å². The summed E-state index contributed by atoms with van der Waals surface area (Å²) in [6.07, 6.45) is 8.62. The molecular formula is C16H13N3O. The Morgan fingerprint density at radius 2 is 2.00 bits per heavy atom. The predicted octanol–water partition coefficient (Wildman–Crippen LogP) is 3.69. The molecule has 0 fully saturated rings. The highest BCUT2D eigenvalue weighted by Crippen LogP contribution is 2.20. The molecule has 0 unspecified atom stereocenters. The van der Waals surface area contributed by atoms with E-state index < -0.39 is 0 Å². The van der Waals surface area contributed by atoms with Crippen LogP contribution in [0.15, 0.2) is 59.6 Å². The van der Waals surface area contributed by atoms with Crippen molar-refractivity contribution >= 4 is 11.6 Å². The van der Waals surface area contributed by atoms with Gasteiger partial charge in [0.15, 0.2) is 0 Å². The number of oxazole rings is 1. The van der Waals surface area contributed by atoms with Crippen LogP contribution in [-0.2, 0) is 0 Å². The van der Waals surface area contributed by atoms with E-state index in [9.17, 15) is 0 Å². The second-order valence-corrected chi connectivity index (χ2v) is 4.36. The second-order valence-electron chi connectivity index (χ2n) is 4.36. The van der Waals surface area contributed by atoms with Gasteiger partial charge in [-0.2, -0.15) is 0 Å². The van der Waals surface area contributed by atoms with Crippen molar-refractivity contribution in [3.63, 3.8) is 0 Å². The summed E-state index contributed by atoms with van der Waals surface area (Å²) < 4.78 is 5.50. The van der Waals surface area contributed by atoms with Gasteiger partial charge in [-0.25, -0.2) is 4.98 Å². The van der Waals surface area contributed by atoms with Gasteiger partial charge in [0.05, 0.1) is 11.9 Å². The lowest BCUT2D eigenvalue weighted by Crippen LogP contribution is -1.86. The number of nitrogens with zero attached hydrogens (tertiary/aromatic N) is 3. The summed E-state index contributed by atoms with van der Waals surface area (Å²) in [5.74, 6) is 0.615. The molecule has 0 saturated heterocycles. The molecule has 3 rings (SSSR count). The fraction of sp³-hybridized carbons (Fsp3) is 0.0625. The summed E-state index contributed by atoms with van der Waals surface area (Å²) >= 11 is 0. The number of hydrogen-bond acceptors (Lipinski definition) is 4. The van der Waals surface area contributed by atoms with E-state index in [2.05, 4.69) is 15.0 Å². The molecule has 0 amide bonds. The summed E-state index contributed by atoms with van der Waals surface area (Å²) in [7, 11) is 0. The maximum Gasteiger partial charge on any atom is 0.226 e. The highest BCUT2D eigenvalue weighted by Gasteiger charge is 2.05. The molecule has 2 heterocycles. The van der Waals surface area contributed by atoms with E-state index in [4.69, 9.17) is 4.42 Å². The monoisotopic (exact) mass is 263 g/mol. The molecule has 0 bridgehead atoms. The second kappa shape index (κ2) is 5.48. The molecule has 1 aromatic carbocycles. The first-order valence-electron chi connectivity index (χ1n) is 6.28. The molecular weight excluding hydrogens is 250 g/mol. The van der Waals surface area contributed by atoms with Gasteiger partial charge in [0, 0.05) is 18.0 Å². The van der Waals surface area contributed by atoms with Crippen LogP contribution in [0.4, 0.5) is 0 Å². The Labute approximate surface area is 116 Å². The first-order chi connectivity index (χ1) is 9.83. The normalized spacial score (nSPS) is 11.6. The number of rotatable bonds is 3. The molecule has 0 saturated carbocycles. The number of aromatic nitrogens is 3. The van der Waals surface area contributed by atoms with Gasteiger partial charge in [-0.3, -0.25) is 9.97 Å². The van der Waals surface area contributed by atoms with Crippen molar-refractivity contribution in [1.82, 2.24) is 15.0 Å². The van der Waals surface area contributed by atoms with Crippen molar-refractivity contribution in [3.05, 3.63) is 66.6 Å². The zero-order valence-electron chi connectivity index (χ0n) is 11.0. The van der Waals surface area contributed by atoms with E-state index in [1.807, 2.05) is 43.3 Å². The van der Waals surface area contributed by atoms with Gasteiger partial charge < -0.3 is 4.42 Å². The first-order valence-corrected chi connectivity index (χ1v) is 6.28. The van der Waals surface area contributed by atoms with Gasteiger partial charge in [-0.05, 0) is 30.7 Å². The average Bonchev–Trinajstić information content (AvgIpc) is 2.97. The molecule has 0 aliphatic heterocycles. The molecule has 98 valence electrons. The van der Waals surface area contributed by atoms with E-state index in [1.165, 1.54) is 0 Å². The zero-order chi connectivity index (χ0) is 13.8. The van der Waals surface area contributed by atoms with Crippen LogP contribution in [0.1, 0.15) is 18.3 Å². The largest absolute Gasteiger partial charge is 0.444 e. The smallest absolute Gasteiger partial charge is 0.226 e. The Balaban J connectivity index is 1.88. The molecule has 0 spiro atoms. The molecule has 0 aliphatic carbocycles. The summed E-state index contributed by atoms with van der Waals surface area (Å²) in [4.78, 5) is 12.8. The van der Waals surface area contributed by atoms with Gasteiger partial charge in [0.25, 0.3) is 0 Å². The van der Waals surface area contributed by atoms with E-state index in [1.54, 1.807) is 24.9 Å². The molecule has 0 aliphatic rings. The van der Waals surface area contributed by atoms with Gasteiger partial charge in [0.1, 0.15) is 12.0 Å². The molecule has 4 nitrogen and oxygen atoms in total. The number of hydrogen-bond donors (Lipinski definition) is 0. The Bertz CT molecular complexity index is 718. The fourth-order valence-corrected chi connectivity index (χ4v) is 1.86. The quantitative estimate of drug-likeness (QED) is 0.723. The Hall–Kier alpha value is -2.75. The van der Waals surface area contributed by atoms with E-state index in [0.29, 0.717) is 5.89 Å². The lowest BCUT2D eigenvalue weighted by molar-refractivity contribution is 0.574. The third-order valence-corrected chi connectivity index (χ3v) is 2.87. The summed E-state index contributed by atoms with van der Waals surface area (Å²) in [5, 5.41) is 0. The van der Waals surface area contributed by atoms with Crippen molar-refractivity contribution in [1.29, 1.82) is 0 Å². The minimum absolute atomic E-state index is 0.615. The van der Waals surface area contributed by atoms with Gasteiger partial charge >= 0.3 is 0 Å². The van der Waals surface area contributed by atoms with Gasteiger partial charge in [0.2, 0.25) is 5.89 Å². The number of allylic oxidation sites excluding steroid dienone is 1. The third kappa shape index (κ3) is 2.64. The van der Waals surface area contributed by atoms with E-state index in [0.717, 1.165) is 22.5 Å². The Morgan fingerprint density at radius 1 is 1.15 bits per heavy atom. The van der Waals surface area contributed by atoms with E-state index in [-0.39, 0.29) is 0 Å².